The van der Waals surface area contributed by atoms with Gasteiger partial charge in [-0.25, -0.2) is 19.9 Å². The number of imidazole rings is 1. The highest BCUT2D eigenvalue weighted by Crippen LogP contribution is 2.41. The van der Waals surface area contributed by atoms with Crippen molar-refractivity contribution in [2.75, 3.05) is 0 Å². The van der Waals surface area contributed by atoms with Gasteiger partial charge in [0.2, 0.25) is 0 Å². The number of aromatic nitrogens is 5. The van der Waals surface area contributed by atoms with E-state index in [1.165, 1.54) is 27.3 Å². The Balaban J connectivity index is 1.14. The van der Waals surface area contributed by atoms with E-state index in [0.717, 1.165) is 60.7 Å². The third-order valence-corrected chi connectivity index (χ3v) is 10.7. The molecule has 11 rings (SSSR count). The van der Waals surface area contributed by atoms with Crippen LogP contribution < -0.4 is 0 Å². The van der Waals surface area contributed by atoms with Gasteiger partial charge >= 0.3 is 0 Å². The molecular formula is C50H31N5. The zero-order chi connectivity index (χ0) is 36.3. The van der Waals surface area contributed by atoms with Gasteiger partial charge in [-0.2, -0.15) is 0 Å². The molecular weight excluding hydrogens is 671 g/mol. The highest BCUT2D eigenvalue weighted by atomic mass is 15.0. The number of hydrogen-bond donors (Lipinski definition) is 0. The molecule has 5 nitrogen and oxygen atoms in total. The summed E-state index contributed by atoms with van der Waals surface area (Å²) in [4.78, 5) is 20.2. The predicted octanol–water partition coefficient (Wildman–Crippen LogP) is 12.5. The molecule has 0 aliphatic heterocycles. The van der Waals surface area contributed by atoms with Crippen LogP contribution in [-0.2, 0) is 0 Å². The van der Waals surface area contributed by atoms with E-state index in [1.807, 2.05) is 66.7 Å². The maximum absolute atomic E-state index is 5.15. The molecule has 3 aromatic heterocycles. The Hall–Kier alpha value is -7.50. The lowest BCUT2D eigenvalue weighted by atomic mass is 9.91. The quantitative estimate of drug-likeness (QED) is 0.168. The normalized spacial score (nSPS) is 11.6. The first-order valence-corrected chi connectivity index (χ1v) is 18.5. The Morgan fingerprint density at radius 3 is 1.55 bits per heavy atom. The van der Waals surface area contributed by atoms with E-state index < -0.39 is 0 Å². The maximum atomic E-state index is 5.15. The number of fused-ring (bicyclic) bond motifs is 9. The van der Waals surface area contributed by atoms with E-state index in [0.29, 0.717) is 17.5 Å². The van der Waals surface area contributed by atoms with Gasteiger partial charge in [0.15, 0.2) is 17.5 Å². The molecule has 0 bridgehead atoms. The molecule has 11 aromatic rings. The largest absolute Gasteiger partial charge is 0.299 e. The summed E-state index contributed by atoms with van der Waals surface area (Å²) in [5.74, 6) is 1.93. The van der Waals surface area contributed by atoms with Gasteiger partial charge in [0.25, 0.3) is 0 Å². The average molecular weight is 702 g/mol. The summed E-state index contributed by atoms with van der Waals surface area (Å²) in [5.41, 5.74) is 10.6. The molecule has 0 saturated carbocycles. The van der Waals surface area contributed by atoms with Crippen LogP contribution in [0.3, 0.4) is 0 Å². The Morgan fingerprint density at radius 2 is 0.836 bits per heavy atom. The summed E-state index contributed by atoms with van der Waals surface area (Å²) in [6.45, 7) is 0. The molecule has 5 heteroatoms. The fraction of sp³-hybridized carbons (Fsp3) is 0. The minimum absolute atomic E-state index is 0.642. The second-order valence-electron chi connectivity index (χ2n) is 13.9. The lowest BCUT2D eigenvalue weighted by molar-refractivity contribution is 1.08. The molecule has 3 heterocycles. The number of hydrogen-bond acceptors (Lipinski definition) is 4. The number of benzene rings is 8. The molecule has 8 aromatic carbocycles. The van der Waals surface area contributed by atoms with Gasteiger partial charge in [0, 0.05) is 33.7 Å². The summed E-state index contributed by atoms with van der Waals surface area (Å²) >= 11 is 0. The molecule has 0 saturated heterocycles. The molecule has 0 aliphatic carbocycles. The fourth-order valence-corrected chi connectivity index (χ4v) is 8.04. The van der Waals surface area contributed by atoms with Crippen molar-refractivity contribution in [3.8, 4) is 56.4 Å². The molecule has 0 N–H and O–H groups in total. The van der Waals surface area contributed by atoms with Crippen molar-refractivity contribution < 1.29 is 0 Å². The number of nitrogens with zero attached hydrogens (tertiary/aromatic N) is 5. The minimum atomic E-state index is 0.642. The van der Waals surface area contributed by atoms with Crippen LogP contribution in [0, 0.1) is 0 Å². The third-order valence-electron chi connectivity index (χ3n) is 10.7. The SMILES string of the molecule is c1ccc(-c2ccc3c(c2)c2cc(-c4ccc(-c5nc(-c6ccccc6)nc(-c6ccccc6)n5)c5ccccc45)ccc2c2c3nc3ccccn32)cc1. The van der Waals surface area contributed by atoms with Gasteiger partial charge in [0.1, 0.15) is 5.65 Å². The zero-order valence-corrected chi connectivity index (χ0v) is 29.6. The second-order valence-corrected chi connectivity index (χ2v) is 13.9. The van der Waals surface area contributed by atoms with Crippen LogP contribution in [-0.4, -0.2) is 24.3 Å². The molecule has 0 amide bonds. The van der Waals surface area contributed by atoms with Crippen molar-refractivity contribution in [1.82, 2.24) is 24.3 Å². The third kappa shape index (κ3) is 5.17. The van der Waals surface area contributed by atoms with E-state index in [-0.39, 0.29) is 0 Å². The minimum Gasteiger partial charge on any atom is -0.299 e. The molecule has 0 aliphatic rings. The summed E-state index contributed by atoms with van der Waals surface area (Å²) in [6.07, 6.45) is 2.11. The Bertz CT molecular complexity index is 3190. The van der Waals surface area contributed by atoms with Crippen LogP contribution in [0.15, 0.2) is 188 Å². The van der Waals surface area contributed by atoms with Gasteiger partial charge in [-0.15, -0.1) is 0 Å². The van der Waals surface area contributed by atoms with Crippen molar-refractivity contribution in [3.05, 3.63) is 188 Å². The molecule has 0 atom stereocenters. The molecule has 256 valence electrons. The van der Waals surface area contributed by atoms with Gasteiger partial charge in [-0.3, -0.25) is 4.40 Å². The number of rotatable bonds is 5. The van der Waals surface area contributed by atoms with E-state index in [4.69, 9.17) is 19.9 Å². The Labute approximate surface area is 316 Å². The van der Waals surface area contributed by atoms with Gasteiger partial charge in [-0.05, 0) is 74.1 Å². The Kier molecular flexibility index (Phi) is 7.10. The topological polar surface area (TPSA) is 56.0 Å². The van der Waals surface area contributed by atoms with Crippen molar-refractivity contribution in [2.24, 2.45) is 0 Å². The summed E-state index contributed by atoms with van der Waals surface area (Å²) < 4.78 is 2.22. The monoisotopic (exact) mass is 701 g/mol. The Morgan fingerprint density at radius 1 is 0.309 bits per heavy atom. The van der Waals surface area contributed by atoms with Gasteiger partial charge < -0.3 is 0 Å². The lowest BCUT2D eigenvalue weighted by Gasteiger charge is -2.15. The van der Waals surface area contributed by atoms with Crippen LogP contribution >= 0.6 is 0 Å². The van der Waals surface area contributed by atoms with Crippen LogP contribution in [0.25, 0.3) is 105 Å². The van der Waals surface area contributed by atoms with Gasteiger partial charge in [0.05, 0.1) is 11.0 Å². The van der Waals surface area contributed by atoms with Gasteiger partial charge in [-0.1, -0.05) is 152 Å². The first-order chi connectivity index (χ1) is 27.3. The standard InChI is InChI=1S/C50H31N5/c1-4-14-32(15-5-1)35-23-25-40-43(30-35)44-31-36(24-26-41(44)47-46(40)51-45-22-12-13-29-55(45)47)37-27-28-42(39-21-11-10-20-38(37)39)50-53-48(33-16-6-2-7-17-33)52-49(54-50)34-18-8-3-9-19-34/h1-31H. The van der Waals surface area contributed by atoms with E-state index in [1.54, 1.807) is 0 Å². The van der Waals surface area contributed by atoms with Crippen molar-refractivity contribution in [1.29, 1.82) is 0 Å². The summed E-state index contributed by atoms with van der Waals surface area (Å²) in [7, 11) is 0. The summed E-state index contributed by atoms with van der Waals surface area (Å²) in [6, 6.07) is 63.7. The van der Waals surface area contributed by atoms with Crippen LogP contribution in [0.5, 0.6) is 0 Å². The van der Waals surface area contributed by atoms with Crippen molar-refractivity contribution >= 4 is 49.0 Å². The predicted molar refractivity (Wildman–Crippen MR) is 226 cm³/mol. The highest BCUT2D eigenvalue weighted by molar-refractivity contribution is 6.25. The fourth-order valence-electron chi connectivity index (χ4n) is 8.04. The molecule has 0 radical (unpaired) electrons. The second kappa shape index (κ2) is 12.6. The first kappa shape index (κ1) is 31.1. The van der Waals surface area contributed by atoms with Crippen LogP contribution in [0.4, 0.5) is 0 Å². The zero-order valence-electron chi connectivity index (χ0n) is 29.6. The lowest BCUT2D eigenvalue weighted by Crippen LogP contribution is -2.00. The maximum Gasteiger partial charge on any atom is 0.164 e. The highest BCUT2D eigenvalue weighted by Gasteiger charge is 2.19. The van der Waals surface area contributed by atoms with E-state index >= 15 is 0 Å². The average Bonchev–Trinajstić information content (AvgIpc) is 3.67. The van der Waals surface area contributed by atoms with Crippen molar-refractivity contribution in [2.45, 2.75) is 0 Å². The van der Waals surface area contributed by atoms with E-state index in [2.05, 4.69) is 126 Å². The molecule has 0 spiro atoms. The van der Waals surface area contributed by atoms with Crippen LogP contribution in [0.1, 0.15) is 0 Å². The summed E-state index contributed by atoms with van der Waals surface area (Å²) in [5, 5.41) is 6.89. The van der Waals surface area contributed by atoms with Crippen LogP contribution in [0.2, 0.25) is 0 Å². The molecule has 55 heavy (non-hydrogen) atoms. The number of pyridine rings is 1. The smallest absolute Gasteiger partial charge is 0.164 e. The van der Waals surface area contributed by atoms with E-state index in [9.17, 15) is 0 Å². The molecule has 0 unspecified atom stereocenters. The van der Waals surface area contributed by atoms with Crippen molar-refractivity contribution in [3.63, 3.8) is 0 Å². The first-order valence-electron chi connectivity index (χ1n) is 18.5. The molecule has 0 fully saturated rings.